The Bertz CT molecular complexity index is 349. The van der Waals surface area contributed by atoms with Crippen LogP contribution in [0.5, 0.6) is 0 Å². The predicted molar refractivity (Wildman–Crippen MR) is 63.8 cm³/mol. The van der Waals surface area contributed by atoms with Crippen LogP contribution in [-0.4, -0.2) is 13.6 Å². The summed E-state index contributed by atoms with van der Waals surface area (Å²) in [5.74, 6) is 0. The van der Waals surface area contributed by atoms with Crippen LogP contribution in [0.3, 0.4) is 0 Å². The molecule has 0 radical (unpaired) electrons. The molecule has 2 rings (SSSR count). The summed E-state index contributed by atoms with van der Waals surface area (Å²) >= 11 is 3.58. The molecule has 0 bridgehead atoms. The maximum atomic E-state index is 3.58. The second-order valence-corrected chi connectivity index (χ2v) is 4.60. The van der Waals surface area contributed by atoms with Gasteiger partial charge in [-0.1, -0.05) is 15.9 Å². The van der Waals surface area contributed by atoms with Crippen LogP contribution in [0, 0.1) is 6.92 Å². The summed E-state index contributed by atoms with van der Waals surface area (Å²) in [4.78, 5) is 0. The quantitative estimate of drug-likeness (QED) is 0.806. The first-order valence-electron chi connectivity index (χ1n) is 4.93. The molecule has 1 aliphatic heterocycles. The summed E-state index contributed by atoms with van der Waals surface area (Å²) in [5, 5.41) is 6.78. The summed E-state index contributed by atoms with van der Waals surface area (Å²) in [7, 11) is 2.02. The molecule has 1 atom stereocenters. The normalized spacial score (nSPS) is 20.1. The maximum Gasteiger partial charge on any atom is 0.0392 e. The third-order valence-electron chi connectivity index (χ3n) is 2.80. The van der Waals surface area contributed by atoms with Crippen LogP contribution in [0.2, 0.25) is 0 Å². The molecule has 3 heteroatoms. The van der Waals surface area contributed by atoms with E-state index in [1.807, 2.05) is 7.05 Å². The highest BCUT2D eigenvalue weighted by atomic mass is 79.9. The Morgan fingerprint density at radius 2 is 2.29 bits per heavy atom. The van der Waals surface area contributed by atoms with Gasteiger partial charge in [-0.15, -0.1) is 0 Å². The largest absolute Gasteiger partial charge is 0.385 e. The molecule has 1 aromatic rings. The molecule has 0 saturated carbocycles. The number of aryl methyl sites for hydroxylation is 1. The van der Waals surface area contributed by atoms with Crippen molar-refractivity contribution in [1.29, 1.82) is 0 Å². The van der Waals surface area contributed by atoms with Crippen molar-refractivity contribution in [3.63, 3.8) is 0 Å². The first kappa shape index (κ1) is 9.99. The van der Waals surface area contributed by atoms with E-state index in [2.05, 4.69) is 45.6 Å². The average molecular weight is 255 g/mol. The van der Waals surface area contributed by atoms with E-state index in [-0.39, 0.29) is 0 Å². The Morgan fingerprint density at radius 3 is 3.00 bits per heavy atom. The predicted octanol–water partition coefficient (Wildman–Crippen LogP) is 2.83. The van der Waals surface area contributed by atoms with Gasteiger partial charge in [0.15, 0.2) is 0 Å². The summed E-state index contributed by atoms with van der Waals surface area (Å²) in [6.07, 6.45) is 1.15. The number of hydrogen-bond acceptors (Lipinski definition) is 2. The molecule has 0 fully saturated rings. The molecular formula is C11H15BrN2. The minimum absolute atomic E-state index is 0.489. The van der Waals surface area contributed by atoms with E-state index < -0.39 is 0 Å². The van der Waals surface area contributed by atoms with E-state index in [1.165, 1.54) is 21.3 Å². The number of anilines is 1. The minimum Gasteiger partial charge on any atom is -0.385 e. The first-order valence-corrected chi connectivity index (χ1v) is 5.73. The fourth-order valence-electron chi connectivity index (χ4n) is 1.94. The summed E-state index contributed by atoms with van der Waals surface area (Å²) in [6, 6.07) is 4.92. The molecule has 0 aliphatic carbocycles. The zero-order valence-electron chi connectivity index (χ0n) is 8.52. The molecule has 0 aromatic heterocycles. The zero-order chi connectivity index (χ0) is 10.1. The second kappa shape index (κ2) is 3.91. The van der Waals surface area contributed by atoms with Gasteiger partial charge in [0.05, 0.1) is 0 Å². The maximum absolute atomic E-state index is 3.58. The minimum atomic E-state index is 0.489. The van der Waals surface area contributed by atoms with Gasteiger partial charge in [-0.05, 0) is 43.7 Å². The number of rotatable bonds is 1. The van der Waals surface area contributed by atoms with Crippen molar-refractivity contribution in [1.82, 2.24) is 5.32 Å². The van der Waals surface area contributed by atoms with Crippen molar-refractivity contribution >= 4 is 21.6 Å². The van der Waals surface area contributed by atoms with Crippen molar-refractivity contribution < 1.29 is 0 Å². The van der Waals surface area contributed by atoms with Gasteiger partial charge in [0.25, 0.3) is 0 Å². The van der Waals surface area contributed by atoms with Crippen molar-refractivity contribution in [2.45, 2.75) is 19.4 Å². The highest BCUT2D eigenvalue weighted by molar-refractivity contribution is 9.10. The van der Waals surface area contributed by atoms with E-state index in [9.17, 15) is 0 Å². The fraction of sp³-hybridized carbons (Fsp3) is 0.455. The first-order chi connectivity index (χ1) is 6.72. The van der Waals surface area contributed by atoms with E-state index >= 15 is 0 Å². The van der Waals surface area contributed by atoms with Crippen molar-refractivity contribution in [2.24, 2.45) is 0 Å². The Hall–Kier alpha value is -0.540. The molecule has 0 saturated heterocycles. The number of benzene rings is 1. The molecule has 1 aliphatic rings. The van der Waals surface area contributed by atoms with Crippen LogP contribution in [0.25, 0.3) is 0 Å². The summed E-state index contributed by atoms with van der Waals surface area (Å²) < 4.78 is 1.19. The van der Waals surface area contributed by atoms with Crippen LogP contribution in [0.1, 0.15) is 23.6 Å². The molecule has 2 nitrogen and oxygen atoms in total. The molecule has 1 aromatic carbocycles. The van der Waals surface area contributed by atoms with Gasteiger partial charge in [0.2, 0.25) is 0 Å². The molecule has 1 heterocycles. The van der Waals surface area contributed by atoms with Crippen molar-refractivity contribution in [3.05, 3.63) is 27.7 Å². The molecule has 2 N–H and O–H groups in total. The lowest BCUT2D eigenvalue weighted by molar-refractivity contribution is 0.551. The van der Waals surface area contributed by atoms with Crippen LogP contribution in [0.15, 0.2) is 16.6 Å². The highest BCUT2D eigenvalue weighted by Crippen LogP contribution is 2.33. The van der Waals surface area contributed by atoms with Gasteiger partial charge >= 0.3 is 0 Å². The Kier molecular flexibility index (Phi) is 2.79. The number of nitrogens with one attached hydrogen (secondary N) is 2. The standard InChI is InChI=1S/C11H15BrN2/c1-7-5-11-8(6-9(7)12)10(13-2)3-4-14-11/h5-6,10,13-14H,3-4H2,1-2H3. The Morgan fingerprint density at radius 1 is 1.50 bits per heavy atom. The lowest BCUT2D eigenvalue weighted by atomic mass is 9.97. The molecule has 1 unspecified atom stereocenters. The van der Waals surface area contributed by atoms with Crippen molar-refractivity contribution in [3.8, 4) is 0 Å². The lowest BCUT2D eigenvalue weighted by Gasteiger charge is -2.27. The number of halogens is 1. The zero-order valence-corrected chi connectivity index (χ0v) is 10.1. The smallest absolute Gasteiger partial charge is 0.0392 e. The van der Waals surface area contributed by atoms with Crippen LogP contribution in [0.4, 0.5) is 5.69 Å². The highest BCUT2D eigenvalue weighted by Gasteiger charge is 2.18. The SMILES string of the molecule is CNC1CCNc2cc(C)c(Br)cc21. The van der Waals surface area contributed by atoms with E-state index in [0.717, 1.165) is 13.0 Å². The van der Waals surface area contributed by atoms with Crippen molar-refractivity contribution in [2.75, 3.05) is 18.9 Å². The van der Waals surface area contributed by atoms with Crippen LogP contribution < -0.4 is 10.6 Å². The second-order valence-electron chi connectivity index (χ2n) is 3.75. The monoisotopic (exact) mass is 254 g/mol. The van der Waals surface area contributed by atoms with Gasteiger partial charge in [0, 0.05) is 22.7 Å². The van der Waals surface area contributed by atoms with Gasteiger partial charge in [0.1, 0.15) is 0 Å². The van der Waals surface area contributed by atoms with Gasteiger partial charge in [-0.25, -0.2) is 0 Å². The molecular weight excluding hydrogens is 240 g/mol. The lowest BCUT2D eigenvalue weighted by Crippen LogP contribution is -2.25. The summed E-state index contributed by atoms with van der Waals surface area (Å²) in [5.41, 5.74) is 3.93. The number of fused-ring (bicyclic) bond motifs is 1. The molecule has 14 heavy (non-hydrogen) atoms. The van der Waals surface area contributed by atoms with E-state index in [1.54, 1.807) is 0 Å². The van der Waals surface area contributed by atoms with E-state index in [4.69, 9.17) is 0 Å². The molecule has 76 valence electrons. The van der Waals surface area contributed by atoms with Gasteiger partial charge in [-0.2, -0.15) is 0 Å². The third-order valence-corrected chi connectivity index (χ3v) is 3.66. The molecule has 0 amide bonds. The van der Waals surface area contributed by atoms with Crippen LogP contribution >= 0.6 is 15.9 Å². The third kappa shape index (κ3) is 1.66. The molecule has 0 spiro atoms. The summed E-state index contributed by atoms with van der Waals surface area (Å²) in [6.45, 7) is 3.18. The fourth-order valence-corrected chi connectivity index (χ4v) is 2.31. The van der Waals surface area contributed by atoms with Crippen LogP contribution in [-0.2, 0) is 0 Å². The Labute approximate surface area is 93.2 Å². The van der Waals surface area contributed by atoms with Gasteiger partial charge in [-0.3, -0.25) is 0 Å². The number of hydrogen-bond donors (Lipinski definition) is 2. The Balaban J connectivity index is 2.47. The average Bonchev–Trinajstić information content (AvgIpc) is 2.19. The van der Waals surface area contributed by atoms with E-state index in [0.29, 0.717) is 6.04 Å². The topological polar surface area (TPSA) is 24.1 Å². The van der Waals surface area contributed by atoms with Gasteiger partial charge < -0.3 is 10.6 Å².